The lowest BCUT2D eigenvalue weighted by molar-refractivity contribution is 1.50. The SMILES string of the molecule is CC.CC.N/C=C\C=C/N. The lowest BCUT2D eigenvalue weighted by Crippen LogP contribution is -1.75. The van der Waals surface area contributed by atoms with Crippen LogP contribution in [0.4, 0.5) is 0 Å². The zero-order valence-electron chi connectivity index (χ0n) is 7.46. The van der Waals surface area contributed by atoms with E-state index in [2.05, 4.69) is 0 Å². The highest BCUT2D eigenvalue weighted by Gasteiger charge is 1.48. The minimum atomic E-state index is 1.42. The van der Waals surface area contributed by atoms with Crippen molar-refractivity contribution in [2.45, 2.75) is 27.7 Å². The normalized spacial score (nSPS) is 8.00. The quantitative estimate of drug-likeness (QED) is 0.553. The number of hydrogen-bond donors (Lipinski definition) is 2. The summed E-state index contributed by atoms with van der Waals surface area (Å²) < 4.78 is 0. The highest BCUT2D eigenvalue weighted by atomic mass is 14.5. The van der Waals surface area contributed by atoms with E-state index in [1.54, 1.807) is 12.2 Å². The lowest BCUT2D eigenvalue weighted by Gasteiger charge is -1.64. The van der Waals surface area contributed by atoms with Crippen LogP contribution in [0.1, 0.15) is 27.7 Å². The molecule has 2 nitrogen and oxygen atoms in total. The summed E-state index contributed by atoms with van der Waals surface area (Å²) in [5, 5.41) is 0. The molecule has 0 saturated heterocycles. The molecular formula is C8H20N2. The van der Waals surface area contributed by atoms with Crippen molar-refractivity contribution in [1.82, 2.24) is 0 Å². The van der Waals surface area contributed by atoms with Crippen LogP contribution >= 0.6 is 0 Å². The molecule has 62 valence electrons. The summed E-state index contributed by atoms with van der Waals surface area (Å²) in [5.41, 5.74) is 9.85. The molecular weight excluding hydrogens is 124 g/mol. The first-order valence-electron chi connectivity index (χ1n) is 3.67. The molecule has 0 aromatic carbocycles. The summed E-state index contributed by atoms with van der Waals surface area (Å²) in [5.74, 6) is 0. The Bertz CT molecular complexity index is 55.7. The van der Waals surface area contributed by atoms with Crippen LogP contribution in [0.2, 0.25) is 0 Å². The van der Waals surface area contributed by atoms with Crippen molar-refractivity contribution in [2.75, 3.05) is 0 Å². The molecule has 0 aliphatic rings. The molecule has 4 N–H and O–H groups in total. The maximum absolute atomic E-state index is 4.93. The van der Waals surface area contributed by atoms with Gasteiger partial charge in [-0.1, -0.05) is 27.7 Å². The zero-order chi connectivity index (χ0) is 8.83. The Kier molecular flexibility index (Phi) is 68.5. The fraction of sp³-hybridized carbons (Fsp3) is 0.500. The largest absolute Gasteiger partial charge is 0.405 e. The Morgan fingerprint density at radius 3 is 1.00 bits per heavy atom. The molecule has 10 heavy (non-hydrogen) atoms. The van der Waals surface area contributed by atoms with Crippen molar-refractivity contribution in [1.29, 1.82) is 0 Å². The fourth-order valence-corrected chi connectivity index (χ4v) is 0.128. The highest BCUT2D eigenvalue weighted by Crippen LogP contribution is 1.62. The van der Waals surface area contributed by atoms with Gasteiger partial charge >= 0.3 is 0 Å². The van der Waals surface area contributed by atoms with Crippen molar-refractivity contribution >= 4 is 0 Å². The second kappa shape index (κ2) is 42.7. The van der Waals surface area contributed by atoms with Crippen LogP contribution < -0.4 is 11.5 Å². The maximum Gasteiger partial charge on any atom is -0.00618 e. The fourth-order valence-electron chi connectivity index (χ4n) is 0.128. The van der Waals surface area contributed by atoms with Gasteiger partial charge in [0.05, 0.1) is 0 Å². The van der Waals surface area contributed by atoms with Crippen LogP contribution in [0.25, 0.3) is 0 Å². The molecule has 0 aliphatic carbocycles. The minimum Gasteiger partial charge on any atom is -0.405 e. The molecule has 0 saturated carbocycles. The van der Waals surface area contributed by atoms with Crippen molar-refractivity contribution in [3.63, 3.8) is 0 Å². The number of allylic oxidation sites excluding steroid dienone is 2. The van der Waals surface area contributed by atoms with Crippen molar-refractivity contribution < 1.29 is 0 Å². The van der Waals surface area contributed by atoms with Gasteiger partial charge in [-0.3, -0.25) is 0 Å². The van der Waals surface area contributed by atoms with Gasteiger partial charge in [0.1, 0.15) is 0 Å². The summed E-state index contributed by atoms with van der Waals surface area (Å²) in [6.07, 6.45) is 6.15. The van der Waals surface area contributed by atoms with Crippen molar-refractivity contribution in [3.8, 4) is 0 Å². The van der Waals surface area contributed by atoms with Crippen LogP contribution in [0.3, 0.4) is 0 Å². The van der Waals surface area contributed by atoms with Crippen LogP contribution in [0, 0.1) is 0 Å². The Labute approximate surface area is 64.6 Å². The third-order valence-corrected chi connectivity index (χ3v) is 0.333. The van der Waals surface area contributed by atoms with E-state index in [1.165, 1.54) is 12.4 Å². The number of nitrogens with two attached hydrogens (primary N) is 2. The molecule has 0 aromatic heterocycles. The molecule has 0 rings (SSSR count). The van der Waals surface area contributed by atoms with E-state index in [0.717, 1.165) is 0 Å². The molecule has 0 atom stereocenters. The van der Waals surface area contributed by atoms with Gasteiger partial charge in [0.2, 0.25) is 0 Å². The summed E-state index contributed by atoms with van der Waals surface area (Å²) in [6.45, 7) is 8.00. The molecule has 0 fully saturated rings. The summed E-state index contributed by atoms with van der Waals surface area (Å²) >= 11 is 0. The van der Waals surface area contributed by atoms with E-state index in [1.807, 2.05) is 27.7 Å². The smallest absolute Gasteiger partial charge is 0.00618 e. The molecule has 0 bridgehead atoms. The third kappa shape index (κ3) is 60.5. The predicted octanol–water partition coefficient (Wildman–Crippen LogP) is 1.98. The first-order valence-corrected chi connectivity index (χ1v) is 3.67. The monoisotopic (exact) mass is 144 g/mol. The second-order valence-corrected chi connectivity index (χ2v) is 0.770. The average Bonchev–Trinajstić information content (AvgIpc) is 2.08. The van der Waals surface area contributed by atoms with Gasteiger partial charge in [0.15, 0.2) is 0 Å². The van der Waals surface area contributed by atoms with Gasteiger partial charge in [-0.2, -0.15) is 0 Å². The van der Waals surface area contributed by atoms with E-state index >= 15 is 0 Å². The average molecular weight is 144 g/mol. The molecule has 0 radical (unpaired) electrons. The van der Waals surface area contributed by atoms with Gasteiger partial charge < -0.3 is 11.5 Å². The second-order valence-electron chi connectivity index (χ2n) is 0.770. The van der Waals surface area contributed by atoms with E-state index in [0.29, 0.717) is 0 Å². The van der Waals surface area contributed by atoms with E-state index in [-0.39, 0.29) is 0 Å². The highest BCUT2D eigenvalue weighted by molar-refractivity contribution is 4.97. The Hall–Kier alpha value is -0.920. The summed E-state index contributed by atoms with van der Waals surface area (Å²) in [7, 11) is 0. The minimum absolute atomic E-state index is 1.42. The van der Waals surface area contributed by atoms with E-state index < -0.39 is 0 Å². The van der Waals surface area contributed by atoms with Gasteiger partial charge in [-0.15, -0.1) is 0 Å². The Morgan fingerprint density at radius 1 is 0.700 bits per heavy atom. The van der Waals surface area contributed by atoms with Crippen LogP contribution in [0.15, 0.2) is 24.6 Å². The summed E-state index contributed by atoms with van der Waals surface area (Å²) in [6, 6.07) is 0. The maximum atomic E-state index is 4.93. The molecule has 0 spiro atoms. The van der Waals surface area contributed by atoms with Gasteiger partial charge in [-0.05, 0) is 24.6 Å². The van der Waals surface area contributed by atoms with Gasteiger partial charge in [0.25, 0.3) is 0 Å². The number of rotatable bonds is 1. The number of hydrogen-bond acceptors (Lipinski definition) is 2. The van der Waals surface area contributed by atoms with Crippen LogP contribution in [-0.4, -0.2) is 0 Å². The Balaban J connectivity index is -0.000000105. The van der Waals surface area contributed by atoms with Crippen LogP contribution in [0.5, 0.6) is 0 Å². The Morgan fingerprint density at radius 2 is 0.900 bits per heavy atom. The standard InChI is InChI=1S/C4H8N2.2C2H6/c5-3-1-2-4-6;2*1-2/h1-4H,5-6H2;2*1-2H3/b3-1-,4-2-;;. The van der Waals surface area contributed by atoms with E-state index in [4.69, 9.17) is 11.5 Å². The molecule has 0 aliphatic heterocycles. The molecule has 0 unspecified atom stereocenters. The topological polar surface area (TPSA) is 52.0 Å². The molecule has 0 amide bonds. The van der Waals surface area contributed by atoms with Gasteiger partial charge in [0, 0.05) is 0 Å². The molecule has 0 heterocycles. The van der Waals surface area contributed by atoms with Crippen molar-refractivity contribution in [3.05, 3.63) is 24.6 Å². The summed E-state index contributed by atoms with van der Waals surface area (Å²) in [4.78, 5) is 0. The predicted molar refractivity (Wildman–Crippen MR) is 49.4 cm³/mol. The lowest BCUT2D eigenvalue weighted by atomic mass is 10.6. The molecule has 0 aromatic rings. The van der Waals surface area contributed by atoms with Gasteiger partial charge in [-0.25, -0.2) is 0 Å². The molecule has 2 heteroatoms. The van der Waals surface area contributed by atoms with Crippen molar-refractivity contribution in [2.24, 2.45) is 11.5 Å². The van der Waals surface area contributed by atoms with Crippen LogP contribution in [-0.2, 0) is 0 Å². The first-order chi connectivity index (χ1) is 4.91. The first kappa shape index (κ1) is 16.0. The zero-order valence-corrected chi connectivity index (χ0v) is 7.46. The third-order valence-electron chi connectivity index (χ3n) is 0.333. The van der Waals surface area contributed by atoms with E-state index in [9.17, 15) is 0 Å².